The normalized spacial score (nSPS) is 17.3. The minimum atomic E-state index is -0.777. The molecule has 1 N–H and O–H groups in total. The maximum absolute atomic E-state index is 12.0. The van der Waals surface area contributed by atoms with Gasteiger partial charge in [-0.2, -0.15) is 0 Å². The Hall–Kier alpha value is 0.0700. The molecule has 0 aromatic carbocycles. The van der Waals surface area contributed by atoms with Crippen LogP contribution in [0.15, 0.2) is 0 Å². The van der Waals surface area contributed by atoms with Gasteiger partial charge in [0.25, 0.3) is 0 Å². The highest BCUT2D eigenvalue weighted by atomic mass is 32.2. The van der Waals surface area contributed by atoms with Crippen molar-refractivity contribution in [2.45, 2.75) is 44.4 Å². The highest BCUT2D eigenvalue weighted by Crippen LogP contribution is 2.12. The fraction of sp³-hybridized carbons (Fsp3) is 1.00. The Morgan fingerprint density at radius 2 is 2.07 bits per heavy atom. The van der Waals surface area contributed by atoms with Crippen LogP contribution < -0.4 is 5.32 Å². The van der Waals surface area contributed by atoms with E-state index in [4.69, 9.17) is 4.74 Å². The van der Waals surface area contributed by atoms with E-state index in [0.29, 0.717) is 18.4 Å². The van der Waals surface area contributed by atoms with Crippen molar-refractivity contribution in [3.8, 4) is 0 Å². The number of hydrogen-bond acceptors (Lipinski definition) is 3. The van der Waals surface area contributed by atoms with Gasteiger partial charge in [0.2, 0.25) is 0 Å². The van der Waals surface area contributed by atoms with Crippen molar-refractivity contribution in [2.24, 2.45) is 0 Å². The molecule has 0 aliphatic rings. The molecule has 0 rings (SSSR count). The smallest absolute Gasteiger partial charge is 0.0577 e. The molecule has 0 heterocycles. The van der Waals surface area contributed by atoms with Gasteiger partial charge in [-0.25, -0.2) is 0 Å². The van der Waals surface area contributed by atoms with E-state index >= 15 is 0 Å². The molecule has 0 radical (unpaired) electrons. The Morgan fingerprint density at radius 3 is 2.47 bits per heavy atom. The second-order valence-corrected chi connectivity index (χ2v) is 5.48. The Bertz CT molecular complexity index is 176. The van der Waals surface area contributed by atoms with Crippen molar-refractivity contribution < 1.29 is 8.95 Å². The number of hydrogen-bond donors (Lipinski definition) is 1. The van der Waals surface area contributed by atoms with E-state index < -0.39 is 10.8 Å². The molecule has 0 saturated heterocycles. The largest absolute Gasteiger partial charge is 0.384 e. The van der Waals surface area contributed by atoms with E-state index in [0.717, 1.165) is 19.3 Å². The lowest BCUT2D eigenvalue weighted by Gasteiger charge is -2.24. The zero-order valence-electron chi connectivity index (χ0n) is 10.4. The Kier molecular flexibility index (Phi) is 9.35. The minimum Gasteiger partial charge on any atom is -0.384 e. The molecule has 3 nitrogen and oxygen atoms in total. The molecule has 0 fully saturated rings. The Labute approximate surface area is 96.4 Å². The molecule has 0 aliphatic carbocycles. The average molecular weight is 235 g/mol. The molecular formula is C11H25NO2S. The standard InChI is InChI=1S/C11H25NO2S/c1-5-7-10(12-3)11(6-2)15(13)9-8-14-4/h10-12H,5-9H2,1-4H3. The van der Waals surface area contributed by atoms with Gasteiger partial charge in [-0.05, 0) is 19.9 Å². The Morgan fingerprint density at radius 1 is 1.40 bits per heavy atom. The first-order valence-corrected chi connectivity index (χ1v) is 7.12. The number of ether oxygens (including phenoxy) is 1. The second-order valence-electron chi connectivity index (χ2n) is 3.71. The van der Waals surface area contributed by atoms with Crippen LogP contribution in [0.1, 0.15) is 33.1 Å². The third-order valence-corrected chi connectivity index (χ3v) is 4.55. The first-order valence-electron chi connectivity index (χ1n) is 5.74. The topological polar surface area (TPSA) is 38.3 Å². The molecule has 92 valence electrons. The lowest BCUT2D eigenvalue weighted by atomic mass is 10.1. The van der Waals surface area contributed by atoms with Crippen LogP contribution in [-0.4, -0.2) is 42.0 Å². The molecule has 0 bridgehead atoms. The van der Waals surface area contributed by atoms with Gasteiger partial charge in [0.05, 0.1) is 6.61 Å². The van der Waals surface area contributed by atoms with Crippen molar-refractivity contribution >= 4 is 10.8 Å². The molecule has 3 unspecified atom stereocenters. The molecule has 3 atom stereocenters. The average Bonchev–Trinajstić information content (AvgIpc) is 2.26. The lowest BCUT2D eigenvalue weighted by Crippen LogP contribution is -2.41. The summed E-state index contributed by atoms with van der Waals surface area (Å²) in [5.41, 5.74) is 0. The van der Waals surface area contributed by atoms with E-state index in [1.54, 1.807) is 7.11 Å². The van der Waals surface area contributed by atoms with Crippen LogP contribution in [0.4, 0.5) is 0 Å². The zero-order chi connectivity index (χ0) is 11.7. The predicted octanol–water partition coefficient (Wildman–Crippen LogP) is 1.55. The molecule has 0 aliphatic heterocycles. The maximum atomic E-state index is 12.0. The van der Waals surface area contributed by atoms with Gasteiger partial charge in [0.1, 0.15) is 0 Å². The summed E-state index contributed by atoms with van der Waals surface area (Å²) in [5, 5.41) is 3.53. The summed E-state index contributed by atoms with van der Waals surface area (Å²) in [6, 6.07) is 0.373. The summed E-state index contributed by atoms with van der Waals surface area (Å²) in [4.78, 5) is 0. The number of methoxy groups -OCH3 is 1. The van der Waals surface area contributed by atoms with Gasteiger partial charge in [-0.15, -0.1) is 0 Å². The van der Waals surface area contributed by atoms with Crippen molar-refractivity contribution in [1.82, 2.24) is 5.32 Å². The Balaban J connectivity index is 4.22. The van der Waals surface area contributed by atoms with Gasteiger partial charge in [-0.3, -0.25) is 4.21 Å². The maximum Gasteiger partial charge on any atom is 0.0577 e. The predicted molar refractivity (Wildman–Crippen MR) is 66.7 cm³/mol. The summed E-state index contributed by atoms with van der Waals surface area (Å²) >= 11 is 0. The fourth-order valence-corrected chi connectivity index (χ4v) is 3.44. The van der Waals surface area contributed by atoms with Gasteiger partial charge >= 0.3 is 0 Å². The zero-order valence-corrected chi connectivity index (χ0v) is 11.2. The third kappa shape index (κ3) is 5.64. The van der Waals surface area contributed by atoms with E-state index in [2.05, 4.69) is 19.2 Å². The molecule has 15 heavy (non-hydrogen) atoms. The minimum absolute atomic E-state index is 0.255. The fourth-order valence-electron chi connectivity index (χ4n) is 1.80. The summed E-state index contributed by atoms with van der Waals surface area (Å²) in [6.07, 6.45) is 3.18. The van der Waals surface area contributed by atoms with Crippen molar-refractivity contribution in [2.75, 3.05) is 26.5 Å². The first-order chi connectivity index (χ1) is 7.21. The van der Waals surface area contributed by atoms with Crippen LogP contribution in [0, 0.1) is 0 Å². The van der Waals surface area contributed by atoms with E-state index in [9.17, 15) is 4.21 Å². The summed E-state index contributed by atoms with van der Waals surface area (Å²) in [6.45, 7) is 4.86. The molecule has 4 heteroatoms. The van der Waals surface area contributed by atoms with E-state index in [1.807, 2.05) is 7.05 Å². The highest BCUT2D eigenvalue weighted by molar-refractivity contribution is 7.85. The van der Waals surface area contributed by atoms with Crippen LogP contribution in [0.25, 0.3) is 0 Å². The molecular weight excluding hydrogens is 210 g/mol. The SMILES string of the molecule is CCCC(NC)C(CC)S(=O)CCOC. The van der Waals surface area contributed by atoms with Crippen LogP contribution in [0.3, 0.4) is 0 Å². The first kappa shape index (κ1) is 15.1. The number of nitrogens with one attached hydrogen (secondary N) is 1. The van der Waals surface area contributed by atoms with Crippen molar-refractivity contribution in [3.63, 3.8) is 0 Å². The molecule has 0 saturated carbocycles. The number of rotatable bonds is 9. The van der Waals surface area contributed by atoms with Gasteiger partial charge < -0.3 is 10.1 Å². The van der Waals surface area contributed by atoms with Crippen LogP contribution in [0.5, 0.6) is 0 Å². The third-order valence-electron chi connectivity index (χ3n) is 2.65. The molecule has 0 aromatic rings. The molecule has 0 spiro atoms. The summed E-state index contributed by atoms with van der Waals surface area (Å²) in [5.74, 6) is 0.650. The van der Waals surface area contributed by atoms with Crippen LogP contribution >= 0.6 is 0 Å². The quantitative estimate of drug-likeness (QED) is 0.659. The van der Waals surface area contributed by atoms with Crippen LogP contribution in [-0.2, 0) is 15.5 Å². The second kappa shape index (κ2) is 9.31. The van der Waals surface area contributed by atoms with Gasteiger partial charge in [0, 0.05) is 35.0 Å². The van der Waals surface area contributed by atoms with Crippen molar-refractivity contribution in [3.05, 3.63) is 0 Å². The van der Waals surface area contributed by atoms with Gasteiger partial charge in [0.15, 0.2) is 0 Å². The van der Waals surface area contributed by atoms with Crippen molar-refractivity contribution in [1.29, 1.82) is 0 Å². The summed E-state index contributed by atoms with van der Waals surface area (Å²) in [7, 11) is 2.83. The lowest BCUT2D eigenvalue weighted by molar-refractivity contribution is 0.217. The van der Waals surface area contributed by atoms with Gasteiger partial charge in [-0.1, -0.05) is 20.3 Å². The highest BCUT2D eigenvalue weighted by Gasteiger charge is 2.23. The van der Waals surface area contributed by atoms with E-state index in [-0.39, 0.29) is 5.25 Å². The van der Waals surface area contributed by atoms with E-state index in [1.165, 1.54) is 0 Å². The molecule has 0 aromatic heterocycles. The summed E-state index contributed by atoms with van der Waals surface area (Å²) < 4.78 is 17.0. The van der Waals surface area contributed by atoms with Crippen LogP contribution in [0.2, 0.25) is 0 Å². The monoisotopic (exact) mass is 235 g/mol. The molecule has 0 amide bonds.